The molecule has 21 heavy (non-hydrogen) atoms. The summed E-state index contributed by atoms with van der Waals surface area (Å²) in [7, 11) is 1.47. The van der Waals surface area contributed by atoms with Gasteiger partial charge in [0.2, 0.25) is 0 Å². The van der Waals surface area contributed by atoms with Gasteiger partial charge in [-0.2, -0.15) is 0 Å². The van der Waals surface area contributed by atoms with Gasteiger partial charge in [0.05, 0.1) is 0 Å². The van der Waals surface area contributed by atoms with Gasteiger partial charge in [0.15, 0.2) is 5.17 Å². The molecule has 0 aromatic heterocycles. The van der Waals surface area contributed by atoms with Crippen molar-refractivity contribution in [3.63, 3.8) is 0 Å². The first-order valence-electron chi connectivity index (χ1n) is 6.67. The SMILES string of the molecule is CO/N=C(/Cl)c1ccccc1COc1cc(C)ccc1C. The third-order valence-corrected chi connectivity index (χ3v) is 3.41. The Morgan fingerprint density at radius 1 is 1.14 bits per heavy atom. The molecule has 3 nitrogen and oxygen atoms in total. The molecule has 2 rings (SSSR count). The van der Waals surface area contributed by atoms with E-state index in [0.717, 1.165) is 22.4 Å². The van der Waals surface area contributed by atoms with Crippen LogP contribution < -0.4 is 4.74 Å². The molecule has 0 aliphatic carbocycles. The van der Waals surface area contributed by atoms with Gasteiger partial charge in [-0.25, -0.2) is 0 Å². The minimum atomic E-state index is 0.317. The Hall–Kier alpha value is -2.00. The van der Waals surface area contributed by atoms with E-state index in [2.05, 4.69) is 17.3 Å². The molecule has 2 aromatic carbocycles. The maximum atomic E-state index is 6.12. The van der Waals surface area contributed by atoms with Crippen molar-refractivity contribution in [1.82, 2.24) is 0 Å². The standard InChI is InChI=1S/C17H18ClNO2/c1-12-8-9-13(2)16(10-12)21-11-14-6-4-5-7-15(14)17(18)19-20-3/h4-10H,11H2,1-3H3/b19-17+. The van der Waals surface area contributed by atoms with E-state index in [4.69, 9.17) is 21.2 Å². The van der Waals surface area contributed by atoms with Crippen LogP contribution in [-0.4, -0.2) is 12.3 Å². The summed E-state index contributed by atoms with van der Waals surface area (Å²) in [6, 6.07) is 13.9. The van der Waals surface area contributed by atoms with Gasteiger partial charge in [-0.1, -0.05) is 53.2 Å². The molecule has 0 spiro atoms. The van der Waals surface area contributed by atoms with E-state index in [-0.39, 0.29) is 0 Å². The van der Waals surface area contributed by atoms with E-state index >= 15 is 0 Å². The fraction of sp³-hybridized carbons (Fsp3) is 0.235. The summed E-state index contributed by atoms with van der Waals surface area (Å²) >= 11 is 6.12. The first-order chi connectivity index (χ1) is 10.1. The molecule has 0 amide bonds. The topological polar surface area (TPSA) is 30.8 Å². The highest BCUT2D eigenvalue weighted by atomic mass is 35.5. The molecule has 0 aliphatic rings. The molecule has 110 valence electrons. The molecule has 0 N–H and O–H groups in total. The average Bonchev–Trinajstić information content (AvgIpc) is 2.49. The van der Waals surface area contributed by atoms with Gasteiger partial charge in [0, 0.05) is 5.56 Å². The lowest BCUT2D eigenvalue weighted by molar-refractivity contribution is 0.214. The molecule has 0 aliphatic heterocycles. The Morgan fingerprint density at radius 2 is 1.90 bits per heavy atom. The summed E-state index contributed by atoms with van der Waals surface area (Å²) < 4.78 is 5.92. The second-order valence-corrected chi connectivity index (χ2v) is 5.14. The van der Waals surface area contributed by atoms with Crippen LogP contribution in [0, 0.1) is 13.8 Å². The molecule has 2 aromatic rings. The van der Waals surface area contributed by atoms with Crippen molar-refractivity contribution >= 4 is 16.8 Å². The highest BCUT2D eigenvalue weighted by Gasteiger charge is 2.09. The maximum Gasteiger partial charge on any atom is 0.175 e. The summed E-state index contributed by atoms with van der Waals surface area (Å²) in [5.74, 6) is 0.879. The Bertz CT molecular complexity index is 653. The first kappa shape index (κ1) is 15.4. The van der Waals surface area contributed by atoms with Crippen molar-refractivity contribution in [3.05, 3.63) is 64.7 Å². The van der Waals surface area contributed by atoms with Crippen LogP contribution in [0.2, 0.25) is 0 Å². The minimum Gasteiger partial charge on any atom is -0.489 e. The maximum absolute atomic E-state index is 6.12. The van der Waals surface area contributed by atoms with Crippen molar-refractivity contribution in [2.24, 2.45) is 5.16 Å². The zero-order valence-electron chi connectivity index (χ0n) is 12.4. The van der Waals surface area contributed by atoms with Crippen LogP contribution in [0.15, 0.2) is 47.6 Å². The quantitative estimate of drug-likeness (QED) is 0.604. The van der Waals surface area contributed by atoms with Crippen LogP contribution >= 0.6 is 11.6 Å². The molecule has 0 heterocycles. The van der Waals surface area contributed by atoms with E-state index in [1.807, 2.05) is 44.2 Å². The lowest BCUT2D eigenvalue weighted by Crippen LogP contribution is -2.04. The predicted molar refractivity (Wildman–Crippen MR) is 86.1 cm³/mol. The zero-order valence-corrected chi connectivity index (χ0v) is 13.1. The number of rotatable bonds is 5. The second kappa shape index (κ2) is 7.14. The zero-order chi connectivity index (χ0) is 15.2. The van der Waals surface area contributed by atoms with E-state index in [1.54, 1.807) is 0 Å². The number of oxime groups is 1. The normalized spacial score (nSPS) is 11.3. The van der Waals surface area contributed by atoms with Crippen LogP contribution in [-0.2, 0) is 11.4 Å². The monoisotopic (exact) mass is 303 g/mol. The van der Waals surface area contributed by atoms with Crippen LogP contribution in [0.25, 0.3) is 0 Å². The van der Waals surface area contributed by atoms with Gasteiger partial charge in [0.1, 0.15) is 19.5 Å². The van der Waals surface area contributed by atoms with Gasteiger partial charge >= 0.3 is 0 Å². The van der Waals surface area contributed by atoms with E-state index in [0.29, 0.717) is 11.8 Å². The van der Waals surface area contributed by atoms with Gasteiger partial charge in [-0.05, 0) is 36.6 Å². The fourth-order valence-corrected chi connectivity index (χ4v) is 2.25. The molecule has 0 unspecified atom stereocenters. The highest BCUT2D eigenvalue weighted by Crippen LogP contribution is 2.22. The number of halogens is 1. The molecule has 0 saturated heterocycles. The van der Waals surface area contributed by atoms with Gasteiger partial charge in [-0.15, -0.1) is 0 Å². The predicted octanol–water partition coefficient (Wildman–Crippen LogP) is 4.43. The first-order valence-corrected chi connectivity index (χ1v) is 7.04. The van der Waals surface area contributed by atoms with E-state index in [1.165, 1.54) is 12.7 Å². The molecule has 0 fully saturated rings. The van der Waals surface area contributed by atoms with Crippen LogP contribution in [0.5, 0.6) is 5.75 Å². The van der Waals surface area contributed by atoms with E-state index < -0.39 is 0 Å². The summed E-state index contributed by atoms with van der Waals surface area (Å²) in [5, 5.41) is 4.09. The number of nitrogens with zero attached hydrogens (tertiary/aromatic N) is 1. The average molecular weight is 304 g/mol. The van der Waals surface area contributed by atoms with Crippen LogP contribution in [0.4, 0.5) is 0 Å². The van der Waals surface area contributed by atoms with Gasteiger partial charge in [-0.3, -0.25) is 0 Å². The molecule has 0 bridgehead atoms. The number of hydrogen-bond donors (Lipinski definition) is 0. The van der Waals surface area contributed by atoms with Crippen molar-refractivity contribution in [1.29, 1.82) is 0 Å². The molecular weight excluding hydrogens is 286 g/mol. The fourth-order valence-electron chi connectivity index (χ4n) is 2.00. The summed E-state index contributed by atoms with van der Waals surface area (Å²) in [5.41, 5.74) is 4.05. The number of hydrogen-bond acceptors (Lipinski definition) is 3. The Morgan fingerprint density at radius 3 is 2.67 bits per heavy atom. The van der Waals surface area contributed by atoms with E-state index in [9.17, 15) is 0 Å². The largest absolute Gasteiger partial charge is 0.489 e. The minimum absolute atomic E-state index is 0.317. The molecule has 0 saturated carbocycles. The number of ether oxygens (including phenoxy) is 1. The summed E-state index contributed by atoms with van der Waals surface area (Å²) in [4.78, 5) is 4.73. The van der Waals surface area contributed by atoms with Crippen molar-refractivity contribution in [2.75, 3.05) is 7.11 Å². The van der Waals surface area contributed by atoms with Crippen molar-refractivity contribution in [2.45, 2.75) is 20.5 Å². The Kier molecular flexibility index (Phi) is 5.23. The molecule has 0 radical (unpaired) electrons. The second-order valence-electron chi connectivity index (χ2n) is 4.78. The lowest BCUT2D eigenvalue weighted by atomic mass is 10.1. The Labute approximate surface area is 130 Å². The molecule has 0 atom stereocenters. The summed E-state index contributed by atoms with van der Waals surface area (Å²) in [6.45, 7) is 4.50. The third kappa shape index (κ3) is 3.99. The van der Waals surface area contributed by atoms with Crippen molar-refractivity contribution in [3.8, 4) is 5.75 Å². The summed E-state index contributed by atoms with van der Waals surface area (Å²) in [6.07, 6.45) is 0. The van der Waals surface area contributed by atoms with Crippen LogP contribution in [0.1, 0.15) is 22.3 Å². The van der Waals surface area contributed by atoms with Gasteiger partial charge in [0.25, 0.3) is 0 Å². The van der Waals surface area contributed by atoms with Crippen LogP contribution in [0.3, 0.4) is 0 Å². The van der Waals surface area contributed by atoms with Gasteiger partial charge < -0.3 is 9.57 Å². The Balaban J connectivity index is 2.21. The number of benzene rings is 2. The highest BCUT2D eigenvalue weighted by molar-refractivity contribution is 6.69. The molecular formula is C17H18ClNO2. The van der Waals surface area contributed by atoms with Crippen molar-refractivity contribution < 1.29 is 9.57 Å². The third-order valence-electron chi connectivity index (χ3n) is 3.14. The lowest BCUT2D eigenvalue weighted by Gasteiger charge is -2.12. The number of aryl methyl sites for hydroxylation is 2. The smallest absolute Gasteiger partial charge is 0.175 e. The molecule has 4 heteroatoms.